The summed E-state index contributed by atoms with van der Waals surface area (Å²) in [5.74, 6) is 0. The third kappa shape index (κ3) is 4.77. The van der Waals surface area contributed by atoms with Crippen molar-refractivity contribution in [3.63, 3.8) is 0 Å². The van der Waals surface area contributed by atoms with E-state index in [0.29, 0.717) is 6.04 Å². The first kappa shape index (κ1) is 16.4. The van der Waals surface area contributed by atoms with Gasteiger partial charge in [0.2, 0.25) is 0 Å². The zero-order valence-corrected chi connectivity index (χ0v) is 14.3. The minimum atomic E-state index is 0.151. The Kier molecular flexibility index (Phi) is 5.81. The molecule has 0 spiro atoms. The van der Waals surface area contributed by atoms with Gasteiger partial charge in [-0.1, -0.05) is 6.92 Å². The van der Waals surface area contributed by atoms with Crippen molar-refractivity contribution in [2.45, 2.75) is 73.0 Å². The van der Waals surface area contributed by atoms with Gasteiger partial charge in [-0.3, -0.25) is 0 Å². The summed E-state index contributed by atoms with van der Waals surface area (Å²) in [7, 11) is 0. The van der Waals surface area contributed by atoms with Crippen LogP contribution in [0.3, 0.4) is 0 Å². The lowest BCUT2D eigenvalue weighted by Gasteiger charge is -2.26. The third-order valence-electron chi connectivity index (χ3n) is 3.37. The highest BCUT2D eigenvalue weighted by Gasteiger charge is 2.18. The number of hydrogen-bond donors (Lipinski definition) is 1. The van der Waals surface area contributed by atoms with Crippen molar-refractivity contribution in [3.05, 3.63) is 10.6 Å². The van der Waals surface area contributed by atoms with Crippen LogP contribution >= 0.6 is 11.3 Å². The molecule has 0 amide bonds. The molecule has 1 N–H and O–H groups in total. The van der Waals surface area contributed by atoms with Gasteiger partial charge in [0.25, 0.3) is 0 Å². The third-order valence-corrected chi connectivity index (χ3v) is 4.56. The van der Waals surface area contributed by atoms with Gasteiger partial charge >= 0.3 is 0 Å². The minimum absolute atomic E-state index is 0.151. The number of hydrogen-bond acceptors (Lipinski definition) is 4. The summed E-state index contributed by atoms with van der Waals surface area (Å²) in [6.45, 7) is 17.3. The Hall–Kier alpha value is -0.610. The molecule has 1 unspecified atom stereocenters. The summed E-state index contributed by atoms with van der Waals surface area (Å²) >= 11 is 1.83. The van der Waals surface area contributed by atoms with E-state index in [2.05, 4.69) is 58.7 Å². The van der Waals surface area contributed by atoms with Crippen molar-refractivity contribution < 1.29 is 0 Å². The molecule has 0 aliphatic carbocycles. The highest BCUT2D eigenvalue weighted by atomic mass is 32.1. The Bertz CT molecular complexity index is 393. The first-order valence-electron chi connectivity index (χ1n) is 7.26. The average molecular weight is 283 g/mol. The van der Waals surface area contributed by atoms with Gasteiger partial charge in [-0.2, -0.15) is 0 Å². The molecule has 1 aromatic rings. The van der Waals surface area contributed by atoms with Crippen LogP contribution in [-0.2, 0) is 6.54 Å². The van der Waals surface area contributed by atoms with Crippen molar-refractivity contribution >= 4 is 16.5 Å². The molecule has 1 aromatic heterocycles. The van der Waals surface area contributed by atoms with E-state index in [1.165, 1.54) is 15.7 Å². The molecule has 1 rings (SSSR count). The lowest BCUT2D eigenvalue weighted by molar-refractivity contribution is 0.425. The van der Waals surface area contributed by atoms with Crippen molar-refractivity contribution in [3.8, 4) is 0 Å². The van der Waals surface area contributed by atoms with Crippen molar-refractivity contribution in [2.24, 2.45) is 0 Å². The Balaban J connectivity index is 2.83. The predicted molar refractivity (Wildman–Crippen MR) is 86.2 cm³/mol. The lowest BCUT2D eigenvalue weighted by atomic mass is 10.1. The van der Waals surface area contributed by atoms with Gasteiger partial charge in [0.05, 0.1) is 5.69 Å². The molecule has 0 saturated carbocycles. The first-order valence-corrected chi connectivity index (χ1v) is 8.08. The van der Waals surface area contributed by atoms with Crippen LogP contribution in [0.15, 0.2) is 0 Å². The number of aryl methyl sites for hydroxylation is 1. The summed E-state index contributed by atoms with van der Waals surface area (Å²) in [6.07, 6.45) is 1.15. The summed E-state index contributed by atoms with van der Waals surface area (Å²) in [5.41, 5.74) is 1.32. The van der Waals surface area contributed by atoms with Crippen molar-refractivity contribution in [1.29, 1.82) is 0 Å². The molecule has 0 bridgehead atoms. The second kappa shape index (κ2) is 6.71. The Labute approximate surface area is 122 Å². The van der Waals surface area contributed by atoms with E-state index in [1.807, 2.05) is 11.3 Å². The van der Waals surface area contributed by atoms with E-state index in [9.17, 15) is 0 Å². The van der Waals surface area contributed by atoms with E-state index >= 15 is 0 Å². The molecule has 110 valence electrons. The molecule has 0 aliphatic rings. The van der Waals surface area contributed by atoms with Gasteiger partial charge in [0, 0.05) is 29.5 Å². The summed E-state index contributed by atoms with van der Waals surface area (Å²) in [5, 5.41) is 4.71. The molecule has 4 heteroatoms. The van der Waals surface area contributed by atoms with Crippen LogP contribution in [0.2, 0.25) is 0 Å². The molecular formula is C15H29N3S. The predicted octanol–water partition coefficient (Wildman–Crippen LogP) is 3.96. The lowest BCUT2D eigenvalue weighted by Crippen LogP contribution is -2.35. The molecule has 0 fully saturated rings. The van der Waals surface area contributed by atoms with Crippen molar-refractivity contribution in [1.82, 2.24) is 10.3 Å². The maximum atomic E-state index is 4.76. The van der Waals surface area contributed by atoms with E-state index in [0.717, 1.165) is 19.5 Å². The maximum Gasteiger partial charge on any atom is 0.186 e. The number of rotatable bonds is 6. The number of nitrogens with zero attached hydrogens (tertiary/aromatic N) is 2. The maximum absolute atomic E-state index is 4.76. The summed E-state index contributed by atoms with van der Waals surface area (Å²) < 4.78 is 0. The summed E-state index contributed by atoms with van der Waals surface area (Å²) in [6, 6.07) is 0.555. The zero-order chi connectivity index (χ0) is 14.6. The number of aromatic nitrogens is 1. The van der Waals surface area contributed by atoms with Crippen LogP contribution in [0.1, 0.15) is 58.5 Å². The van der Waals surface area contributed by atoms with Crippen LogP contribution in [0.25, 0.3) is 0 Å². The van der Waals surface area contributed by atoms with Gasteiger partial charge in [0.1, 0.15) is 0 Å². The van der Waals surface area contributed by atoms with Crippen LogP contribution in [0.5, 0.6) is 0 Å². The monoisotopic (exact) mass is 283 g/mol. The zero-order valence-electron chi connectivity index (χ0n) is 13.5. The molecular weight excluding hydrogens is 254 g/mol. The van der Waals surface area contributed by atoms with Crippen LogP contribution in [-0.4, -0.2) is 23.1 Å². The fourth-order valence-corrected chi connectivity index (χ4v) is 3.07. The fraction of sp³-hybridized carbons (Fsp3) is 0.800. The van der Waals surface area contributed by atoms with E-state index < -0.39 is 0 Å². The molecule has 0 aliphatic heterocycles. The van der Waals surface area contributed by atoms with Gasteiger partial charge < -0.3 is 10.2 Å². The van der Waals surface area contributed by atoms with E-state index in [1.54, 1.807) is 0 Å². The van der Waals surface area contributed by atoms with Gasteiger partial charge in [-0.05, 0) is 48.0 Å². The highest BCUT2D eigenvalue weighted by Crippen LogP contribution is 2.28. The molecule has 1 atom stereocenters. The Morgan fingerprint density at radius 3 is 2.42 bits per heavy atom. The highest BCUT2D eigenvalue weighted by molar-refractivity contribution is 7.15. The summed E-state index contributed by atoms with van der Waals surface area (Å²) in [4.78, 5) is 8.51. The Morgan fingerprint density at radius 2 is 1.95 bits per heavy atom. The minimum Gasteiger partial charge on any atom is -0.346 e. The van der Waals surface area contributed by atoms with Crippen LogP contribution in [0.4, 0.5) is 5.13 Å². The van der Waals surface area contributed by atoms with Gasteiger partial charge in [0.15, 0.2) is 5.13 Å². The molecule has 0 aromatic carbocycles. The second-order valence-corrected chi connectivity index (χ2v) is 7.21. The van der Waals surface area contributed by atoms with E-state index in [4.69, 9.17) is 4.98 Å². The molecule has 0 saturated heterocycles. The fourth-order valence-electron chi connectivity index (χ4n) is 1.90. The van der Waals surface area contributed by atoms with Gasteiger partial charge in [-0.15, -0.1) is 11.3 Å². The SMILES string of the molecule is CCC(C)N(CC)c1nc(C)c(CNC(C)(C)C)s1. The molecule has 0 radical (unpaired) electrons. The van der Waals surface area contributed by atoms with Crippen LogP contribution < -0.4 is 10.2 Å². The number of thiazole rings is 1. The average Bonchev–Trinajstić information content (AvgIpc) is 2.67. The first-order chi connectivity index (χ1) is 8.78. The van der Waals surface area contributed by atoms with Crippen LogP contribution in [0, 0.1) is 6.92 Å². The molecule has 3 nitrogen and oxygen atoms in total. The number of anilines is 1. The normalized spacial score (nSPS) is 13.6. The quantitative estimate of drug-likeness (QED) is 0.856. The Morgan fingerprint density at radius 1 is 1.32 bits per heavy atom. The molecule has 1 heterocycles. The van der Waals surface area contributed by atoms with E-state index in [-0.39, 0.29) is 5.54 Å². The number of nitrogens with one attached hydrogen (secondary N) is 1. The molecule has 19 heavy (non-hydrogen) atoms. The van der Waals surface area contributed by atoms with Crippen molar-refractivity contribution in [2.75, 3.05) is 11.4 Å². The topological polar surface area (TPSA) is 28.2 Å². The smallest absolute Gasteiger partial charge is 0.186 e. The van der Waals surface area contributed by atoms with Gasteiger partial charge in [-0.25, -0.2) is 4.98 Å². The largest absolute Gasteiger partial charge is 0.346 e. The second-order valence-electron chi connectivity index (χ2n) is 6.15. The standard InChI is InChI=1S/C15H29N3S/c1-8-11(3)18(9-2)14-17-12(4)13(19-14)10-16-15(5,6)7/h11,16H,8-10H2,1-7H3.